The van der Waals surface area contributed by atoms with Crippen molar-refractivity contribution in [2.24, 2.45) is 5.73 Å². The molecule has 0 saturated heterocycles. The molecule has 0 unspecified atom stereocenters. The average Bonchev–Trinajstić information content (AvgIpc) is 2.31. The summed E-state index contributed by atoms with van der Waals surface area (Å²) in [7, 11) is 0. The minimum absolute atomic E-state index is 0. The zero-order valence-corrected chi connectivity index (χ0v) is 14.4. The molecule has 1 amide bonds. The van der Waals surface area contributed by atoms with Crippen LogP contribution in [-0.4, -0.2) is 24.6 Å². The molecular weight excluding hydrogens is 288 g/mol. The average molecular weight is 315 g/mol. The van der Waals surface area contributed by atoms with Gasteiger partial charge in [0.15, 0.2) is 0 Å². The molecule has 1 rings (SSSR count). The molecule has 0 spiro atoms. The largest absolute Gasteiger partial charge is 0.493 e. The molecule has 0 bridgehead atoms. The number of benzene rings is 1. The predicted octanol–water partition coefficient (Wildman–Crippen LogP) is 2.66. The molecule has 4 nitrogen and oxygen atoms in total. The number of nitrogens with one attached hydrogen (secondary N) is 1. The second-order valence-electron chi connectivity index (χ2n) is 6.07. The van der Waals surface area contributed by atoms with Crippen molar-refractivity contribution in [3.63, 3.8) is 0 Å². The van der Waals surface area contributed by atoms with Gasteiger partial charge in [0.2, 0.25) is 5.91 Å². The van der Waals surface area contributed by atoms with Crippen molar-refractivity contribution >= 4 is 18.3 Å². The van der Waals surface area contributed by atoms with E-state index < -0.39 is 0 Å². The molecule has 0 atom stereocenters. The highest BCUT2D eigenvalue weighted by Gasteiger charge is 2.12. The van der Waals surface area contributed by atoms with Crippen LogP contribution in [0.4, 0.5) is 0 Å². The number of halogens is 1. The number of rotatable bonds is 6. The van der Waals surface area contributed by atoms with Crippen LogP contribution >= 0.6 is 12.4 Å². The molecule has 0 saturated carbocycles. The summed E-state index contributed by atoms with van der Waals surface area (Å²) in [5.41, 5.74) is 8.91. The van der Waals surface area contributed by atoms with E-state index in [0.29, 0.717) is 19.6 Å². The lowest BCUT2D eigenvalue weighted by atomic mass is 10.1. The third-order valence-electron chi connectivity index (χ3n) is 3.09. The van der Waals surface area contributed by atoms with Gasteiger partial charge in [-0.3, -0.25) is 4.79 Å². The lowest BCUT2D eigenvalue weighted by Gasteiger charge is -2.19. The molecule has 21 heavy (non-hydrogen) atoms. The zero-order valence-electron chi connectivity index (χ0n) is 13.6. The maximum absolute atomic E-state index is 11.7. The lowest BCUT2D eigenvalue weighted by Crippen LogP contribution is -2.45. The van der Waals surface area contributed by atoms with E-state index in [4.69, 9.17) is 10.5 Å². The Bertz CT molecular complexity index is 482. The second-order valence-corrected chi connectivity index (χ2v) is 6.07. The van der Waals surface area contributed by atoms with E-state index in [1.54, 1.807) is 0 Å². The van der Waals surface area contributed by atoms with Gasteiger partial charge in [0.05, 0.1) is 13.0 Å². The first-order valence-corrected chi connectivity index (χ1v) is 6.95. The predicted molar refractivity (Wildman–Crippen MR) is 89.3 cm³/mol. The fourth-order valence-corrected chi connectivity index (χ4v) is 1.82. The Kier molecular flexibility index (Phi) is 7.75. The maximum atomic E-state index is 11.7. The van der Waals surface area contributed by atoms with Gasteiger partial charge in [-0.25, -0.2) is 0 Å². The van der Waals surface area contributed by atoms with Gasteiger partial charge in [0, 0.05) is 12.1 Å². The van der Waals surface area contributed by atoms with Gasteiger partial charge in [-0.2, -0.15) is 0 Å². The van der Waals surface area contributed by atoms with Gasteiger partial charge < -0.3 is 15.8 Å². The minimum Gasteiger partial charge on any atom is -0.493 e. The van der Waals surface area contributed by atoms with Crippen LogP contribution in [0.1, 0.15) is 37.0 Å². The number of carbonyl (C=O) groups excluding carboxylic acids is 1. The Morgan fingerprint density at radius 1 is 1.29 bits per heavy atom. The highest BCUT2D eigenvalue weighted by Crippen LogP contribution is 2.23. The molecule has 0 aliphatic heterocycles. The summed E-state index contributed by atoms with van der Waals surface area (Å²) in [5, 5.41) is 2.80. The topological polar surface area (TPSA) is 64.3 Å². The van der Waals surface area contributed by atoms with Crippen LogP contribution in [0, 0.1) is 20.8 Å². The van der Waals surface area contributed by atoms with E-state index in [0.717, 1.165) is 16.9 Å². The molecule has 0 aliphatic carbocycles. The summed E-state index contributed by atoms with van der Waals surface area (Å²) >= 11 is 0. The van der Waals surface area contributed by atoms with Gasteiger partial charge in [-0.15, -0.1) is 12.4 Å². The number of amides is 1. The fourth-order valence-electron chi connectivity index (χ4n) is 1.82. The molecule has 0 aliphatic rings. The van der Waals surface area contributed by atoms with Crippen LogP contribution in [0.2, 0.25) is 0 Å². The van der Waals surface area contributed by atoms with E-state index in [9.17, 15) is 4.79 Å². The normalized spacial score (nSPS) is 10.8. The summed E-state index contributed by atoms with van der Waals surface area (Å²) in [6.45, 7) is 10.7. The van der Waals surface area contributed by atoms with E-state index in [1.807, 2.05) is 33.8 Å². The lowest BCUT2D eigenvalue weighted by molar-refractivity contribution is -0.121. The smallest absolute Gasteiger partial charge is 0.223 e. The molecule has 5 heteroatoms. The number of carbonyl (C=O) groups is 1. The van der Waals surface area contributed by atoms with Crippen LogP contribution in [0.5, 0.6) is 5.75 Å². The summed E-state index contributed by atoms with van der Waals surface area (Å²) in [6, 6.07) is 4.13. The molecular formula is C16H27ClN2O2. The molecule has 1 aromatic rings. The van der Waals surface area contributed by atoms with Crippen molar-refractivity contribution in [3.8, 4) is 5.75 Å². The van der Waals surface area contributed by atoms with E-state index in [2.05, 4.69) is 18.3 Å². The van der Waals surface area contributed by atoms with Crippen LogP contribution in [0.15, 0.2) is 12.1 Å². The van der Waals surface area contributed by atoms with Crippen molar-refractivity contribution in [1.29, 1.82) is 0 Å². The highest BCUT2D eigenvalue weighted by molar-refractivity contribution is 5.85. The van der Waals surface area contributed by atoms with Crippen molar-refractivity contribution in [2.75, 3.05) is 13.2 Å². The van der Waals surface area contributed by atoms with Crippen molar-refractivity contribution in [1.82, 2.24) is 5.32 Å². The molecule has 0 aromatic heterocycles. The zero-order chi connectivity index (χ0) is 15.3. The number of ether oxygens (including phenoxy) is 1. The Hall–Kier alpha value is -1.26. The van der Waals surface area contributed by atoms with Crippen LogP contribution in [0.25, 0.3) is 0 Å². The first-order chi connectivity index (χ1) is 9.19. The van der Waals surface area contributed by atoms with Gasteiger partial charge in [-0.1, -0.05) is 6.07 Å². The van der Waals surface area contributed by atoms with Gasteiger partial charge >= 0.3 is 0 Å². The highest BCUT2D eigenvalue weighted by atomic mass is 35.5. The van der Waals surface area contributed by atoms with Crippen molar-refractivity contribution < 1.29 is 9.53 Å². The third kappa shape index (κ3) is 7.34. The van der Waals surface area contributed by atoms with Crippen molar-refractivity contribution in [2.45, 2.75) is 46.6 Å². The molecule has 0 fully saturated rings. The number of nitrogens with two attached hydrogens (primary N) is 1. The Morgan fingerprint density at radius 3 is 2.48 bits per heavy atom. The van der Waals surface area contributed by atoms with Crippen LogP contribution < -0.4 is 15.8 Å². The summed E-state index contributed by atoms with van der Waals surface area (Å²) in [6.07, 6.45) is 0.336. The van der Waals surface area contributed by atoms with E-state index >= 15 is 0 Å². The summed E-state index contributed by atoms with van der Waals surface area (Å²) in [4.78, 5) is 11.7. The minimum atomic E-state index is -0.388. The van der Waals surface area contributed by atoms with Gasteiger partial charge in [-0.05, 0) is 57.4 Å². The molecule has 120 valence electrons. The standard InChI is InChI=1S/C16H26N2O2.ClH/c1-11-8-12(2)13(3)14(9-11)20-7-6-15(19)18-10-16(4,5)17;/h8-9H,6-7,10,17H2,1-5H3,(H,18,19);1H. The Balaban J connectivity index is 0.00000400. The number of hydrogen-bond acceptors (Lipinski definition) is 3. The van der Waals surface area contributed by atoms with E-state index in [1.165, 1.54) is 5.56 Å². The van der Waals surface area contributed by atoms with E-state index in [-0.39, 0.29) is 23.9 Å². The molecule has 3 N–H and O–H groups in total. The Labute approximate surface area is 133 Å². The first-order valence-electron chi connectivity index (χ1n) is 6.95. The number of hydrogen-bond donors (Lipinski definition) is 2. The van der Waals surface area contributed by atoms with Crippen LogP contribution in [-0.2, 0) is 4.79 Å². The first kappa shape index (κ1) is 19.7. The molecule has 0 heterocycles. The summed E-state index contributed by atoms with van der Waals surface area (Å²) in [5.74, 6) is 0.819. The van der Waals surface area contributed by atoms with Gasteiger partial charge in [0.1, 0.15) is 5.75 Å². The fraction of sp³-hybridized carbons (Fsp3) is 0.562. The maximum Gasteiger partial charge on any atom is 0.223 e. The summed E-state index contributed by atoms with van der Waals surface area (Å²) < 4.78 is 5.71. The SMILES string of the molecule is Cc1cc(C)c(C)c(OCCC(=O)NCC(C)(C)N)c1.Cl. The van der Waals surface area contributed by atoms with Crippen molar-refractivity contribution in [3.05, 3.63) is 28.8 Å². The van der Waals surface area contributed by atoms with Gasteiger partial charge in [0.25, 0.3) is 0 Å². The second kappa shape index (κ2) is 8.25. The monoisotopic (exact) mass is 314 g/mol. The van der Waals surface area contributed by atoms with Crippen LogP contribution in [0.3, 0.4) is 0 Å². The quantitative estimate of drug-likeness (QED) is 0.848. The molecule has 0 radical (unpaired) electrons. The number of aryl methyl sites for hydroxylation is 2. The Morgan fingerprint density at radius 2 is 1.90 bits per heavy atom. The third-order valence-corrected chi connectivity index (χ3v) is 3.09. The molecule has 1 aromatic carbocycles.